The van der Waals surface area contributed by atoms with Crippen molar-refractivity contribution in [2.75, 3.05) is 0 Å². The molecule has 0 radical (unpaired) electrons. The molecule has 0 aliphatic rings. The monoisotopic (exact) mass is 316 g/mol. The number of benzene rings is 2. The van der Waals surface area contributed by atoms with Crippen LogP contribution in [0.1, 0.15) is 0 Å². The van der Waals surface area contributed by atoms with E-state index in [-0.39, 0.29) is 0 Å². The highest BCUT2D eigenvalue weighted by atomic mass is 16.6. The Morgan fingerprint density at radius 3 is 2.46 bits per heavy atom. The van der Waals surface area contributed by atoms with Gasteiger partial charge in [0.25, 0.3) is 0 Å². The molecule has 0 aliphatic carbocycles. The number of hydrogen-bond acceptors (Lipinski definition) is 5. The molecule has 0 saturated carbocycles. The number of hydrogen-bond donors (Lipinski definition) is 2. The van der Waals surface area contributed by atoms with Crippen molar-refractivity contribution in [3.63, 3.8) is 0 Å². The summed E-state index contributed by atoms with van der Waals surface area (Å²) in [6.45, 7) is 0. The van der Waals surface area contributed by atoms with E-state index in [2.05, 4.69) is 4.98 Å². The number of fused-ring (bicyclic) bond motifs is 3. The molecule has 0 unspecified atom stereocenters. The molecule has 2 N–H and O–H groups in total. The maximum Gasteiger partial charge on any atom is 0.707 e. The van der Waals surface area contributed by atoms with E-state index in [4.69, 9.17) is 19.7 Å². The van der Waals surface area contributed by atoms with Crippen LogP contribution < -0.4 is 4.65 Å². The smallest absolute Gasteiger partial charge is 0.512 e. The van der Waals surface area contributed by atoms with Gasteiger partial charge in [0.15, 0.2) is 0 Å². The van der Waals surface area contributed by atoms with E-state index >= 15 is 0 Å². The van der Waals surface area contributed by atoms with Crippen LogP contribution in [0.25, 0.3) is 33.1 Å². The van der Waals surface area contributed by atoms with Gasteiger partial charge in [0.05, 0.1) is 16.7 Å². The van der Waals surface area contributed by atoms with E-state index in [9.17, 15) is 0 Å². The quantitative estimate of drug-likeness (QED) is 0.449. The Hall–Kier alpha value is -2.96. The number of nitrogens with zero attached hydrogens (tertiary/aromatic N) is 2. The Labute approximate surface area is 138 Å². The zero-order chi connectivity index (χ0) is 16.5. The van der Waals surface area contributed by atoms with Crippen molar-refractivity contribution >= 4 is 29.1 Å². The van der Waals surface area contributed by atoms with Gasteiger partial charge in [-0.2, -0.15) is 0 Å². The second-order valence-corrected chi connectivity index (χ2v) is 5.38. The zero-order valence-corrected chi connectivity index (χ0v) is 12.6. The number of pyridine rings is 2. The molecule has 0 saturated heterocycles. The summed E-state index contributed by atoms with van der Waals surface area (Å²) in [6.07, 6.45) is 1.76. The van der Waals surface area contributed by atoms with Crippen molar-refractivity contribution < 1.29 is 14.7 Å². The van der Waals surface area contributed by atoms with E-state index in [0.29, 0.717) is 5.75 Å². The highest BCUT2D eigenvalue weighted by Crippen LogP contribution is 2.27. The lowest BCUT2D eigenvalue weighted by Gasteiger charge is -2.08. The van der Waals surface area contributed by atoms with Crippen molar-refractivity contribution in [2.45, 2.75) is 0 Å². The lowest BCUT2D eigenvalue weighted by atomic mass is 10.1. The Morgan fingerprint density at radius 2 is 1.62 bits per heavy atom. The summed E-state index contributed by atoms with van der Waals surface area (Å²) in [7, 11) is -1.85. The van der Waals surface area contributed by atoms with Gasteiger partial charge in [-0.1, -0.05) is 36.4 Å². The first kappa shape index (κ1) is 14.6. The summed E-state index contributed by atoms with van der Waals surface area (Å²) in [5.74, 6) is 0.362. The van der Waals surface area contributed by atoms with E-state index in [1.165, 1.54) is 0 Å². The fourth-order valence-corrected chi connectivity index (χ4v) is 2.73. The average Bonchev–Trinajstić information content (AvgIpc) is 2.61. The molecule has 6 heteroatoms. The predicted octanol–water partition coefficient (Wildman–Crippen LogP) is 2.80. The SMILES string of the molecule is OB(O)Oc1cccc(-c2ccc3ccc4cccnc4c3n2)c1. The molecule has 0 spiro atoms. The van der Waals surface area contributed by atoms with E-state index < -0.39 is 7.32 Å². The topological polar surface area (TPSA) is 75.5 Å². The molecule has 4 rings (SSSR count). The maximum atomic E-state index is 8.94. The highest BCUT2D eigenvalue weighted by molar-refractivity contribution is 6.33. The van der Waals surface area contributed by atoms with Crippen molar-refractivity contribution in [2.24, 2.45) is 0 Å². The van der Waals surface area contributed by atoms with E-state index in [1.54, 1.807) is 24.4 Å². The normalized spacial score (nSPS) is 10.9. The average molecular weight is 316 g/mol. The summed E-state index contributed by atoms with van der Waals surface area (Å²) >= 11 is 0. The van der Waals surface area contributed by atoms with Crippen LogP contribution in [0.15, 0.2) is 66.9 Å². The summed E-state index contributed by atoms with van der Waals surface area (Å²) in [5, 5.41) is 19.9. The Morgan fingerprint density at radius 1 is 0.833 bits per heavy atom. The minimum Gasteiger partial charge on any atom is -0.512 e. The molecule has 24 heavy (non-hydrogen) atoms. The van der Waals surface area contributed by atoms with Gasteiger partial charge >= 0.3 is 7.32 Å². The van der Waals surface area contributed by atoms with Gasteiger partial charge < -0.3 is 14.7 Å². The predicted molar refractivity (Wildman–Crippen MR) is 93.3 cm³/mol. The van der Waals surface area contributed by atoms with Crippen molar-refractivity contribution in [3.05, 3.63) is 66.9 Å². The minimum atomic E-state index is -1.85. The Bertz CT molecular complexity index is 1040. The van der Waals surface area contributed by atoms with E-state index in [1.807, 2.05) is 42.5 Å². The van der Waals surface area contributed by atoms with Crippen molar-refractivity contribution in [3.8, 4) is 17.0 Å². The number of aromatic nitrogens is 2. The molecular formula is C18H13BN2O3. The van der Waals surface area contributed by atoms with Crippen LogP contribution >= 0.6 is 0 Å². The molecule has 116 valence electrons. The number of rotatable bonds is 3. The second kappa shape index (κ2) is 5.92. The molecule has 0 fully saturated rings. The van der Waals surface area contributed by atoms with Crippen LogP contribution in [-0.2, 0) is 0 Å². The standard InChI is InChI=1S/C18H13BN2O3/c22-19(23)24-15-5-1-3-14(11-15)16-9-8-13-7-6-12-4-2-10-20-17(12)18(13)21-16/h1-11,22-23H. The fourth-order valence-electron chi connectivity index (χ4n) is 2.73. The van der Waals surface area contributed by atoms with Gasteiger partial charge in [-0.3, -0.25) is 4.98 Å². The van der Waals surface area contributed by atoms with Crippen LogP contribution in [0, 0.1) is 0 Å². The summed E-state index contributed by atoms with van der Waals surface area (Å²) < 4.78 is 4.91. The molecule has 2 aromatic heterocycles. The van der Waals surface area contributed by atoms with Crippen LogP contribution in [0.5, 0.6) is 5.75 Å². The van der Waals surface area contributed by atoms with Crippen molar-refractivity contribution in [1.29, 1.82) is 0 Å². The summed E-state index contributed by atoms with van der Waals surface area (Å²) in [6, 6.07) is 18.9. The molecular weight excluding hydrogens is 303 g/mol. The van der Waals surface area contributed by atoms with Gasteiger partial charge in [-0.15, -0.1) is 0 Å². The third-order valence-electron chi connectivity index (χ3n) is 3.80. The summed E-state index contributed by atoms with van der Waals surface area (Å²) in [5.41, 5.74) is 3.27. The van der Waals surface area contributed by atoms with Gasteiger partial charge in [0, 0.05) is 22.5 Å². The molecule has 0 bridgehead atoms. The third-order valence-corrected chi connectivity index (χ3v) is 3.80. The zero-order valence-electron chi connectivity index (χ0n) is 12.6. The highest BCUT2D eigenvalue weighted by Gasteiger charge is 2.12. The lowest BCUT2D eigenvalue weighted by molar-refractivity contribution is 0.288. The largest absolute Gasteiger partial charge is 0.707 e. The fraction of sp³-hybridized carbons (Fsp3) is 0. The first-order valence-electron chi connectivity index (χ1n) is 7.48. The lowest BCUT2D eigenvalue weighted by Crippen LogP contribution is -2.20. The molecule has 2 aromatic carbocycles. The van der Waals surface area contributed by atoms with Gasteiger partial charge in [-0.25, -0.2) is 4.98 Å². The van der Waals surface area contributed by atoms with Crippen LogP contribution in [0.4, 0.5) is 0 Å². The first-order chi connectivity index (χ1) is 11.7. The molecule has 5 nitrogen and oxygen atoms in total. The van der Waals surface area contributed by atoms with Gasteiger partial charge in [-0.05, 0) is 24.3 Å². The van der Waals surface area contributed by atoms with Gasteiger partial charge in [0.1, 0.15) is 5.75 Å². The first-order valence-corrected chi connectivity index (χ1v) is 7.48. The molecule has 0 aliphatic heterocycles. The van der Waals surface area contributed by atoms with Crippen LogP contribution in [0.3, 0.4) is 0 Å². The maximum absolute atomic E-state index is 8.94. The summed E-state index contributed by atoms with van der Waals surface area (Å²) in [4.78, 5) is 9.20. The van der Waals surface area contributed by atoms with Crippen molar-refractivity contribution in [1.82, 2.24) is 9.97 Å². The van der Waals surface area contributed by atoms with Gasteiger partial charge in [0.2, 0.25) is 0 Å². The molecule has 0 atom stereocenters. The Balaban J connectivity index is 1.87. The van der Waals surface area contributed by atoms with Crippen LogP contribution in [0.2, 0.25) is 0 Å². The molecule has 2 heterocycles. The van der Waals surface area contributed by atoms with Crippen LogP contribution in [-0.4, -0.2) is 27.3 Å². The Kier molecular flexibility index (Phi) is 3.61. The van der Waals surface area contributed by atoms with E-state index in [0.717, 1.165) is 33.1 Å². The molecule has 4 aromatic rings. The second-order valence-electron chi connectivity index (χ2n) is 5.38. The minimum absolute atomic E-state index is 0.362. The third kappa shape index (κ3) is 2.69. The molecule has 0 amide bonds.